The summed E-state index contributed by atoms with van der Waals surface area (Å²) in [6.45, 7) is 0.640. The average Bonchev–Trinajstić information content (AvgIpc) is 3.45. The predicted octanol–water partition coefficient (Wildman–Crippen LogP) is 4.46. The maximum atomic E-state index is 13.3. The van der Waals surface area contributed by atoms with Gasteiger partial charge >= 0.3 is 0 Å². The molecule has 0 N–H and O–H groups in total. The van der Waals surface area contributed by atoms with Gasteiger partial charge in [-0.1, -0.05) is 42.1 Å². The van der Waals surface area contributed by atoms with Crippen LogP contribution in [0.4, 0.5) is 8.78 Å². The van der Waals surface area contributed by atoms with Crippen molar-refractivity contribution in [3.8, 4) is 0 Å². The first-order chi connectivity index (χ1) is 13.1. The largest absolute Gasteiger partial charge is 0.301 e. The van der Waals surface area contributed by atoms with Crippen molar-refractivity contribution in [2.75, 3.05) is 5.75 Å². The van der Waals surface area contributed by atoms with Gasteiger partial charge in [0.1, 0.15) is 5.82 Å². The molecule has 7 heteroatoms. The standard InChI is InChI=1S/C20H17F2N3OS/c21-16-9-8-15(10-17(16)22)18(26)12-27-20-24-23-19(14-6-7-14)25(20)11-13-4-2-1-3-5-13/h1-5,8-10,14H,6-7,11-12H2. The monoisotopic (exact) mass is 385 g/mol. The van der Waals surface area contributed by atoms with E-state index in [0.29, 0.717) is 17.6 Å². The van der Waals surface area contributed by atoms with E-state index in [4.69, 9.17) is 0 Å². The molecule has 0 atom stereocenters. The molecule has 4 nitrogen and oxygen atoms in total. The first-order valence-electron chi connectivity index (χ1n) is 8.70. The maximum Gasteiger partial charge on any atom is 0.191 e. The van der Waals surface area contributed by atoms with Crippen LogP contribution in [-0.4, -0.2) is 26.3 Å². The normalized spacial score (nSPS) is 13.7. The Morgan fingerprint density at radius 1 is 1.07 bits per heavy atom. The topological polar surface area (TPSA) is 47.8 Å². The number of hydrogen-bond donors (Lipinski definition) is 0. The highest BCUT2D eigenvalue weighted by molar-refractivity contribution is 7.99. The number of carbonyl (C=O) groups excluding carboxylic acids is 1. The van der Waals surface area contributed by atoms with Gasteiger partial charge < -0.3 is 4.57 Å². The smallest absolute Gasteiger partial charge is 0.191 e. The Hall–Kier alpha value is -2.54. The van der Waals surface area contributed by atoms with Gasteiger partial charge in [-0.25, -0.2) is 8.78 Å². The van der Waals surface area contributed by atoms with Crippen molar-refractivity contribution in [3.05, 3.63) is 77.1 Å². The van der Waals surface area contributed by atoms with Crippen molar-refractivity contribution in [2.24, 2.45) is 0 Å². The molecule has 0 spiro atoms. The fraction of sp³-hybridized carbons (Fsp3) is 0.250. The highest BCUT2D eigenvalue weighted by atomic mass is 32.2. The van der Waals surface area contributed by atoms with Gasteiger partial charge in [-0.15, -0.1) is 10.2 Å². The van der Waals surface area contributed by atoms with Crippen molar-refractivity contribution >= 4 is 17.5 Å². The van der Waals surface area contributed by atoms with Crippen LogP contribution in [0.1, 0.15) is 40.5 Å². The van der Waals surface area contributed by atoms with Crippen molar-refractivity contribution in [1.29, 1.82) is 0 Å². The Kier molecular flexibility index (Phi) is 5.03. The summed E-state index contributed by atoms with van der Waals surface area (Å²) < 4.78 is 28.4. The second-order valence-corrected chi connectivity index (χ2v) is 7.47. The van der Waals surface area contributed by atoms with Gasteiger partial charge in [-0.05, 0) is 36.6 Å². The summed E-state index contributed by atoms with van der Waals surface area (Å²) in [4.78, 5) is 12.3. The molecule has 27 heavy (non-hydrogen) atoms. The molecule has 1 aliphatic rings. The molecule has 1 fully saturated rings. The van der Waals surface area contributed by atoms with Crippen LogP contribution in [0.5, 0.6) is 0 Å². The third-order valence-corrected chi connectivity index (χ3v) is 5.41. The average molecular weight is 385 g/mol. The quantitative estimate of drug-likeness (QED) is 0.445. The number of rotatable bonds is 7. The van der Waals surface area contributed by atoms with Crippen molar-refractivity contribution in [3.63, 3.8) is 0 Å². The number of halogens is 2. The van der Waals surface area contributed by atoms with Gasteiger partial charge in [0.15, 0.2) is 22.6 Å². The molecule has 1 aliphatic carbocycles. The third-order valence-electron chi connectivity index (χ3n) is 4.45. The number of Topliss-reactive ketones (excluding diaryl/α,β-unsaturated/α-hetero) is 1. The Balaban J connectivity index is 1.51. The summed E-state index contributed by atoms with van der Waals surface area (Å²) in [5.74, 6) is -0.798. The summed E-state index contributed by atoms with van der Waals surface area (Å²) in [5.41, 5.74) is 1.28. The molecule has 1 heterocycles. The second kappa shape index (κ2) is 7.60. The minimum absolute atomic E-state index is 0.0860. The molecule has 1 saturated carbocycles. The van der Waals surface area contributed by atoms with E-state index in [2.05, 4.69) is 14.8 Å². The van der Waals surface area contributed by atoms with Gasteiger partial charge in [-0.3, -0.25) is 4.79 Å². The maximum absolute atomic E-state index is 13.3. The van der Waals surface area contributed by atoms with Crippen LogP contribution in [-0.2, 0) is 6.54 Å². The molecule has 3 aromatic rings. The molecule has 0 bridgehead atoms. The van der Waals surface area contributed by atoms with E-state index in [-0.39, 0.29) is 17.1 Å². The summed E-state index contributed by atoms with van der Waals surface area (Å²) in [7, 11) is 0. The zero-order chi connectivity index (χ0) is 18.8. The number of carbonyl (C=O) groups is 1. The van der Waals surface area contributed by atoms with E-state index in [1.54, 1.807) is 0 Å². The lowest BCUT2D eigenvalue weighted by molar-refractivity contribution is 0.102. The number of benzene rings is 2. The number of nitrogens with zero attached hydrogens (tertiary/aromatic N) is 3. The van der Waals surface area contributed by atoms with Crippen LogP contribution in [0, 0.1) is 11.6 Å². The molecule has 1 aromatic heterocycles. The van der Waals surface area contributed by atoms with Crippen LogP contribution in [0.2, 0.25) is 0 Å². The Bertz CT molecular complexity index is 971. The molecular weight excluding hydrogens is 368 g/mol. The van der Waals surface area contributed by atoms with Crippen LogP contribution >= 0.6 is 11.8 Å². The lowest BCUT2D eigenvalue weighted by atomic mass is 10.1. The van der Waals surface area contributed by atoms with Crippen LogP contribution in [0.3, 0.4) is 0 Å². The first-order valence-corrected chi connectivity index (χ1v) is 9.68. The van der Waals surface area contributed by atoms with Gasteiger partial charge in [0.25, 0.3) is 0 Å². The third kappa shape index (κ3) is 4.08. The van der Waals surface area contributed by atoms with Gasteiger partial charge in [0, 0.05) is 11.5 Å². The van der Waals surface area contributed by atoms with E-state index in [9.17, 15) is 13.6 Å². The highest BCUT2D eigenvalue weighted by Crippen LogP contribution is 2.40. The molecular formula is C20H17F2N3OS. The van der Waals surface area contributed by atoms with E-state index < -0.39 is 11.6 Å². The summed E-state index contributed by atoms with van der Waals surface area (Å²) in [6.07, 6.45) is 2.21. The highest BCUT2D eigenvalue weighted by Gasteiger charge is 2.30. The number of ketones is 1. The first kappa shape index (κ1) is 17.9. The van der Waals surface area contributed by atoms with Crippen molar-refractivity contribution < 1.29 is 13.6 Å². The molecule has 138 valence electrons. The Morgan fingerprint density at radius 2 is 1.85 bits per heavy atom. The zero-order valence-electron chi connectivity index (χ0n) is 14.4. The van der Waals surface area contributed by atoms with Crippen LogP contribution in [0.15, 0.2) is 53.7 Å². The molecule has 0 aliphatic heterocycles. The second-order valence-electron chi connectivity index (χ2n) is 6.53. The van der Waals surface area contributed by atoms with E-state index in [1.165, 1.54) is 17.8 Å². The molecule has 0 amide bonds. The Morgan fingerprint density at radius 3 is 2.56 bits per heavy atom. The lowest BCUT2D eigenvalue weighted by Crippen LogP contribution is -2.08. The molecule has 0 radical (unpaired) electrons. The predicted molar refractivity (Wildman–Crippen MR) is 99.0 cm³/mol. The zero-order valence-corrected chi connectivity index (χ0v) is 15.3. The van der Waals surface area contributed by atoms with E-state index in [0.717, 1.165) is 36.4 Å². The number of aromatic nitrogens is 3. The van der Waals surface area contributed by atoms with Gasteiger partial charge in [0.05, 0.1) is 12.3 Å². The van der Waals surface area contributed by atoms with Crippen molar-refractivity contribution in [1.82, 2.24) is 14.8 Å². The number of hydrogen-bond acceptors (Lipinski definition) is 4. The van der Waals surface area contributed by atoms with Gasteiger partial charge in [-0.2, -0.15) is 0 Å². The molecule has 4 rings (SSSR count). The summed E-state index contributed by atoms with van der Waals surface area (Å²) in [6, 6.07) is 13.2. The fourth-order valence-corrected chi connectivity index (χ4v) is 3.69. The fourth-order valence-electron chi connectivity index (χ4n) is 2.85. The van der Waals surface area contributed by atoms with Gasteiger partial charge in [0.2, 0.25) is 0 Å². The minimum atomic E-state index is -1.02. The molecule has 2 aromatic carbocycles. The SMILES string of the molecule is O=C(CSc1nnc(C2CC2)n1Cc1ccccc1)c1ccc(F)c(F)c1. The molecule has 0 saturated heterocycles. The van der Waals surface area contributed by atoms with Crippen LogP contribution < -0.4 is 0 Å². The summed E-state index contributed by atoms with van der Waals surface area (Å²) >= 11 is 1.27. The molecule has 0 unspecified atom stereocenters. The van der Waals surface area contributed by atoms with E-state index >= 15 is 0 Å². The summed E-state index contributed by atoms with van der Waals surface area (Å²) in [5, 5.41) is 9.25. The number of thioether (sulfide) groups is 1. The lowest BCUT2D eigenvalue weighted by Gasteiger charge is -2.10. The minimum Gasteiger partial charge on any atom is -0.301 e. The van der Waals surface area contributed by atoms with Crippen LogP contribution in [0.25, 0.3) is 0 Å². The van der Waals surface area contributed by atoms with E-state index in [1.807, 2.05) is 30.3 Å². The Labute approximate surface area is 159 Å². The van der Waals surface area contributed by atoms with Crippen molar-refractivity contribution in [2.45, 2.75) is 30.5 Å².